The van der Waals surface area contributed by atoms with E-state index in [4.69, 9.17) is 9.47 Å². The largest absolute Gasteiger partial charge is 0.388 e. The summed E-state index contributed by atoms with van der Waals surface area (Å²) in [6, 6.07) is 30.8. The lowest BCUT2D eigenvalue weighted by Crippen LogP contribution is -2.36. The molecule has 200 valence electrons. The van der Waals surface area contributed by atoms with Crippen LogP contribution < -0.4 is 0 Å². The molecule has 3 aromatic rings. The van der Waals surface area contributed by atoms with Crippen molar-refractivity contribution in [2.24, 2.45) is 0 Å². The topological polar surface area (TPSA) is 38.7 Å². The first-order chi connectivity index (χ1) is 18.3. The summed E-state index contributed by atoms with van der Waals surface area (Å²) < 4.78 is 12.5. The number of hydrogen-bond donors (Lipinski definition) is 1. The van der Waals surface area contributed by atoms with E-state index in [1.54, 1.807) is 0 Å². The Balaban J connectivity index is 1.50. The normalized spacial score (nSPS) is 12.5. The third kappa shape index (κ3) is 9.41. The lowest BCUT2D eigenvalue weighted by Gasteiger charge is -2.36. The molecule has 37 heavy (non-hydrogen) atoms. The number of aliphatic hydroxyl groups is 1. The summed E-state index contributed by atoms with van der Waals surface area (Å²) in [5, 5.41) is 10.8. The average Bonchev–Trinajstić information content (AvgIpc) is 2.96. The fourth-order valence-corrected chi connectivity index (χ4v) is 4.95. The van der Waals surface area contributed by atoms with E-state index >= 15 is 0 Å². The molecule has 0 heterocycles. The first kappa shape index (κ1) is 29.1. The van der Waals surface area contributed by atoms with Gasteiger partial charge in [-0.15, -0.1) is 0 Å². The third-order valence-electron chi connectivity index (χ3n) is 6.99. The maximum Gasteiger partial charge on any atom is 0.143 e. The maximum absolute atomic E-state index is 10.8. The van der Waals surface area contributed by atoms with Crippen molar-refractivity contribution in [3.05, 3.63) is 108 Å². The summed E-state index contributed by atoms with van der Waals surface area (Å²) in [5.41, 5.74) is 2.28. The Morgan fingerprint density at radius 2 is 0.973 bits per heavy atom. The summed E-state index contributed by atoms with van der Waals surface area (Å²) in [6.45, 7) is 3.42. The van der Waals surface area contributed by atoms with E-state index in [0.29, 0.717) is 6.61 Å². The number of aliphatic hydroxyl groups excluding tert-OH is 1. The summed E-state index contributed by atoms with van der Waals surface area (Å²) in [5.74, 6) is 0. The highest BCUT2D eigenvalue weighted by atomic mass is 16.5. The molecule has 3 heteroatoms. The maximum atomic E-state index is 10.8. The Bertz CT molecular complexity index is 846. The minimum Gasteiger partial charge on any atom is -0.388 e. The molecule has 0 aliphatic rings. The third-order valence-corrected chi connectivity index (χ3v) is 6.99. The standard InChI is InChI=1S/C34H46O3/c1-2-3-4-5-6-7-8-9-10-20-27-36-28-33(35)29-37-34(30-21-14-11-15-22-30,31-23-16-12-17-24-31)32-25-18-13-19-26-32/h11-19,21-26,33,35H,2-10,20,27-29H2,1H3. The fourth-order valence-electron chi connectivity index (χ4n) is 4.95. The molecular formula is C34H46O3. The summed E-state index contributed by atoms with van der Waals surface area (Å²) in [6.07, 6.45) is 12.3. The molecule has 0 aliphatic heterocycles. The second-order valence-corrected chi connectivity index (χ2v) is 10.0. The Labute approximate surface area is 224 Å². The molecule has 0 saturated heterocycles. The molecule has 3 aromatic carbocycles. The Morgan fingerprint density at radius 1 is 0.568 bits per heavy atom. The van der Waals surface area contributed by atoms with E-state index in [1.807, 2.05) is 54.6 Å². The van der Waals surface area contributed by atoms with E-state index in [-0.39, 0.29) is 13.2 Å². The van der Waals surface area contributed by atoms with Gasteiger partial charge in [0.1, 0.15) is 11.7 Å². The van der Waals surface area contributed by atoms with Crippen molar-refractivity contribution in [3.8, 4) is 0 Å². The minimum atomic E-state index is -0.818. The molecule has 0 aromatic heterocycles. The van der Waals surface area contributed by atoms with E-state index in [9.17, 15) is 5.11 Å². The van der Waals surface area contributed by atoms with Crippen molar-refractivity contribution in [3.63, 3.8) is 0 Å². The Hall–Kier alpha value is -2.46. The molecule has 3 rings (SSSR count). The van der Waals surface area contributed by atoms with Crippen LogP contribution in [0.3, 0.4) is 0 Å². The van der Waals surface area contributed by atoms with E-state index < -0.39 is 11.7 Å². The molecule has 0 radical (unpaired) electrons. The second-order valence-electron chi connectivity index (χ2n) is 10.0. The molecule has 0 bridgehead atoms. The van der Waals surface area contributed by atoms with Crippen LogP contribution in [0.25, 0.3) is 0 Å². The number of unbranched alkanes of at least 4 members (excludes halogenated alkanes) is 9. The number of hydrogen-bond acceptors (Lipinski definition) is 3. The molecule has 0 saturated carbocycles. The first-order valence-corrected chi connectivity index (χ1v) is 14.3. The highest BCUT2D eigenvalue weighted by Crippen LogP contribution is 2.40. The van der Waals surface area contributed by atoms with Gasteiger partial charge in [0.05, 0.1) is 13.2 Å². The predicted molar refractivity (Wildman–Crippen MR) is 154 cm³/mol. The van der Waals surface area contributed by atoms with E-state index in [0.717, 1.165) is 23.1 Å². The lowest BCUT2D eigenvalue weighted by atomic mass is 9.80. The zero-order valence-electron chi connectivity index (χ0n) is 22.7. The molecular weight excluding hydrogens is 456 g/mol. The second kappa shape index (κ2) is 17.1. The van der Waals surface area contributed by atoms with Gasteiger partial charge in [-0.3, -0.25) is 0 Å². The monoisotopic (exact) mass is 502 g/mol. The van der Waals surface area contributed by atoms with Crippen LogP contribution in [0, 0.1) is 0 Å². The van der Waals surface area contributed by atoms with Gasteiger partial charge in [-0.05, 0) is 23.1 Å². The number of benzene rings is 3. The smallest absolute Gasteiger partial charge is 0.143 e. The van der Waals surface area contributed by atoms with Crippen LogP contribution in [-0.4, -0.2) is 31.0 Å². The molecule has 1 unspecified atom stereocenters. The molecule has 1 N–H and O–H groups in total. The van der Waals surface area contributed by atoms with Crippen LogP contribution in [-0.2, 0) is 15.1 Å². The van der Waals surface area contributed by atoms with Crippen LogP contribution in [0.2, 0.25) is 0 Å². The van der Waals surface area contributed by atoms with Crippen molar-refractivity contribution in [1.29, 1.82) is 0 Å². The minimum absolute atomic E-state index is 0.177. The van der Waals surface area contributed by atoms with Gasteiger partial charge in [0.2, 0.25) is 0 Å². The number of ether oxygens (including phenoxy) is 2. The first-order valence-electron chi connectivity index (χ1n) is 14.3. The lowest BCUT2D eigenvalue weighted by molar-refractivity contribution is -0.0641. The van der Waals surface area contributed by atoms with Gasteiger partial charge in [0.15, 0.2) is 0 Å². The van der Waals surface area contributed by atoms with Crippen molar-refractivity contribution in [2.45, 2.75) is 82.8 Å². The molecule has 3 nitrogen and oxygen atoms in total. The van der Waals surface area contributed by atoms with Crippen LogP contribution in [0.5, 0.6) is 0 Å². The van der Waals surface area contributed by atoms with E-state index in [1.165, 1.54) is 57.8 Å². The van der Waals surface area contributed by atoms with Crippen molar-refractivity contribution in [1.82, 2.24) is 0 Å². The van der Waals surface area contributed by atoms with Crippen LogP contribution >= 0.6 is 0 Å². The van der Waals surface area contributed by atoms with Crippen LogP contribution in [0.4, 0.5) is 0 Å². The highest BCUT2D eigenvalue weighted by molar-refractivity contribution is 5.47. The average molecular weight is 503 g/mol. The molecule has 0 fully saturated rings. The van der Waals surface area contributed by atoms with Crippen molar-refractivity contribution >= 4 is 0 Å². The van der Waals surface area contributed by atoms with Crippen molar-refractivity contribution < 1.29 is 14.6 Å². The summed E-state index contributed by atoms with van der Waals surface area (Å²) in [4.78, 5) is 0. The summed E-state index contributed by atoms with van der Waals surface area (Å²) in [7, 11) is 0. The van der Waals surface area contributed by atoms with Gasteiger partial charge in [0, 0.05) is 6.61 Å². The Morgan fingerprint density at radius 3 is 1.41 bits per heavy atom. The Kier molecular flexibility index (Phi) is 13.5. The van der Waals surface area contributed by atoms with Crippen LogP contribution in [0.15, 0.2) is 91.0 Å². The van der Waals surface area contributed by atoms with Crippen LogP contribution in [0.1, 0.15) is 87.8 Å². The quantitative estimate of drug-likeness (QED) is 0.132. The molecule has 0 amide bonds. The molecule has 0 aliphatic carbocycles. The van der Waals surface area contributed by atoms with Gasteiger partial charge in [-0.25, -0.2) is 0 Å². The molecule has 1 atom stereocenters. The van der Waals surface area contributed by atoms with Gasteiger partial charge >= 0.3 is 0 Å². The molecule has 0 spiro atoms. The van der Waals surface area contributed by atoms with Gasteiger partial charge in [0.25, 0.3) is 0 Å². The highest BCUT2D eigenvalue weighted by Gasteiger charge is 2.38. The van der Waals surface area contributed by atoms with Gasteiger partial charge < -0.3 is 14.6 Å². The summed E-state index contributed by atoms with van der Waals surface area (Å²) >= 11 is 0. The fraction of sp³-hybridized carbons (Fsp3) is 0.471. The van der Waals surface area contributed by atoms with Crippen molar-refractivity contribution in [2.75, 3.05) is 19.8 Å². The number of rotatable bonds is 19. The van der Waals surface area contributed by atoms with Gasteiger partial charge in [-0.2, -0.15) is 0 Å². The predicted octanol–water partition coefficient (Wildman–Crippen LogP) is 8.29. The zero-order valence-corrected chi connectivity index (χ0v) is 22.7. The SMILES string of the molecule is CCCCCCCCCCCCOCC(O)COC(c1ccccc1)(c1ccccc1)c1ccccc1. The van der Waals surface area contributed by atoms with E-state index in [2.05, 4.69) is 43.3 Å². The zero-order chi connectivity index (χ0) is 26.0. The van der Waals surface area contributed by atoms with Gasteiger partial charge in [-0.1, -0.05) is 156 Å².